The fourth-order valence-electron chi connectivity index (χ4n) is 3.29. The summed E-state index contributed by atoms with van der Waals surface area (Å²) >= 11 is 0. The maximum Gasteiger partial charge on any atom is 0.326 e. The molecule has 1 unspecified atom stereocenters. The molecule has 158 valence electrons. The lowest BCUT2D eigenvalue weighted by Crippen LogP contribution is -2.42. The van der Waals surface area contributed by atoms with Gasteiger partial charge in [-0.05, 0) is 30.7 Å². The molecule has 1 aromatic carbocycles. The lowest BCUT2D eigenvalue weighted by molar-refractivity contribution is -0.144. The Kier molecular flexibility index (Phi) is 5.03. The van der Waals surface area contributed by atoms with Crippen molar-refractivity contribution in [1.82, 2.24) is 24.8 Å². The Morgan fingerprint density at radius 1 is 1.23 bits per heavy atom. The molecule has 3 heterocycles. The van der Waals surface area contributed by atoms with E-state index in [9.17, 15) is 24.3 Å². The van der Waals surface area contributed by atoms with Gasteiger partial charge < -0.3 is 16.2 Å². The molecule has 0 saturated carbocycles. The van der Waals surface area contributed by atoms with Gasteiger partial charge in [-0.25, -0.2) is 14.8 Å². The van der Waals surface area contributed by atoms with E-state index >= 15 is 0 Å². The standard InChI is InChI=1S/C19H17N7O5/c20-19-24-15-14(16(28)25-19)23-11(8-22-15)7-21-10-3-1-9(2-4-10)17(29)26-12(18(30)31)5-6-13(26)27/h1-4,8,12,21H,5-7H2,(H,30,31)(H3,20,22,24,25,28). The predicted molar refractivity (Wildman–Crippen MR) is 108 cm³/mol. The van der Waals surface area contributed by atoms with Gasteiger partial charge in [0.1, 0.15) is 6.04 Å². The quantitative estimate of drug-likeness (QED) is 0.411. The second-order valence-corrected chi connectivity index (χ2v) is 6.88. The minimum Gasteiger partial charge on any atom is -0.480 e. The molecule has 12 heteroatoms. The summed E-state index contributed by atoms with van der Waals surface area (Å²) < 4.78 is 0. The summed E-state index contributed by atoms with van der Waals surface area (Å²) in [6.45, 7) is 0.242. The zero-order valence-corrected chi connectivity index (χ0v) is 16.0. The topological polar surface area (TPSA) is 184 Å². The summed E-state index contributed by atoms with van der Waals surface area (Å²) in [5.74, 6) is -2.39. The number of carboxylic acid groups (broad SMARTS) is 1. The minimum absolute atomic E-state index is 0.0279. The summed E-state index contributed by atoms with van der Waals surface area (Å²) in [6.07, 6.45) is 1.60. The van der Waals surface area contributed by atoms with Crippen molar-refractivity contribution < 1.29 is 19.5 Å². The normalized spacial score (nSPS) is 15.9. The molecule has 2 aromatic heterocycles. The number of amides is 2. The Balaban J connectivity index is 1.46. The summed E-state index contributed by atoms with van der Waals surface area (Å²) in [6, 6.07) is 5.09. The number of hydrogen-bond acceptors (Lipinski definition) is 9. The third-order valence-electron chi connectivity index (χ3n) is 4.81. The number of aromatic nitrogens is 4. The molecule has 1 saturated heterocycles. The van der Waals surface area contributed by atoms with E-state index in [-0.39, 0.29) is 42.1 Å². The summed E-state index contributed by atoms with van der Waals surface area (Å²) in [7, 11) is 0. The van der Waals surface area contributed by atoms with Crippen LogP contribution in [-0.4, -0.2) is 53.8 Å². The molecule has 3 aromatic rings. The Hall–Kier alpha value is -4.35. The molecule has 1 fully saturated rings. The first kappa shape index (κ1) is 19.9. The number of hydrogen-bond donors (Lipinski definition) is 4. The molecule has 1 aliphatic heterocycles. The van der Waals surface area contributed by atoms with Crippen LogP contribution in [0.5, 0.6) is 0 Å². The number of aromatic amines is 1. The average Bonchev–Trinajstić information content (AvgIpc) is 3.14. The van der Waals surface area contributed by atoms with Crippen molar-refractivity contribution in [3.63, 3.8) is 0 Å². The smallest absolute Gasteiger partial charge is 0.326 e. The van der Waals surface area contributed by atoms with E-state index in [2.05, 4.69) is 25.3 Å². The largest absolute Gasteiger partial charge is 0.480 e. The lowest BCUT2D eigenvalue weighted by atomic mass is 10.1. The third-order valence-corrected chi connectivity index (χ3v) is 4.81. The summed E-state index contributed by atoms with van der Waals surface area (Å²) in [5.41, 5.74) is 6.53. The number of fused-ring (bicyclic) bond motifs is 1. The van der Waals surface area contributed by atoms with Crippen molar-refractivity contribution in [3.8, 4) is 0 Å². The number of aliphatic carboxylic acids is 1. The Morgan fingerprint density at radius 2 is 1.97 bits per heavy atom. The maximum atomic E-state index is 12.6. The number of benzene rings is 1. The van der Waals surface area contributed by atoms with E-state index in [0.29, 0.717) is 11.4 Å². The maximum absolute atomic E-state index is 12.6. The number of carbonyl (C=O) groups is 3. The van der Waals surface area contributed by atoms with Crippen LogP contribution in [0.25, 0.3) is 11.2 Å². The second kappa shape index (κ2) is 7.82. The van der Waals surface area contributed by atoms with E-state index in [1.807, 2.05) is 0 Å². The van der Waals surface area contributed by atoms with Gasteiger partial charge in [-0.3, -0.25) is 24.3 Å². The Morgan fingerprint density at radius 3 is 2.68 bits per heavy atom. The van der Waals surface area contributed by atoms with Gasteiger partial charge in [0.05, 0.1) is 18.4 Å². The molecule has 1 atom stereocenters. The molecule has 4 rings (SSSR count). The van der Waals surface area contributed by atoms with Crippen LogP contribution in [0, 0.1) is 0 Å². The molecule has 31 heavy (non-hydrogen) atoms. The van der Waals surface area contributed by atoms with Crippen LogP contribution in [0.3, 0.4) is 0 Å². The second-order valence-electron chi connectivity index (χ2n) is 6.88. The highest BCUT2D eigenvalue weighted by Gasteiger charge is 2.40. The highest BCUT2D eigenvalue weighted by Crippen LogP contribution is 2.22. The highest BCUT2D eigenvalue weighted by atomic mass is 16.4. The third kappa shape index (κ3) is 3.90. The van der Waals surface area contributed by atoms with Crippen LogP contribution < -0.4 is 16.6 Å². The SMILES string of the molecule is Nc1nc2ncc(CNc3ccc(C(=O)N4C(=O)CCC4C(=O)O)cc3)nc2c(=O)[nH]1. The number of rotatable bonds is 5. The number of nitrogens with two attached hydrogens (primary N) is 1. The van der Waals surface area contributed by atoms with Crippen LogP contribution in [0.15, 0.2) is 35.3 Å². The van der Waals surface area contributed by atoms with Crippen molar-refractivity contribution in [1.29, 1.82) is 0 Å². The van der Waals surface area contributed by atoms with Gasteiger partial charge in [0.15, 0.2) is 11.2 Å². The van der Waals surface area contributed by atoms with Crippen molar-refractivity contribution in [2.75, 3.05) is 11.1 Å². The number of nitrogens with zero attached hydrogens (tertiary/aromatic N) is 4. The number of carboxylic acids is 1. The molecule has 1 aliphatic rings. The van der Waals surface area contributed by atoms with Gasteiger partial charge in [-0.15, -0.1) is 0 Å². The van der Waals surface area contributed by atoms with Gasteiger partial charge in [0.2, 0.25) is 11.9 Å². The highest BCUT2D eigenvalue weighted by molar-refractivity contribution is 6.08. The molecule has 0 bridgehead atoms. The van der Waals surface area contributed by atoms with E-state index in [1.165, 1.54) is 18.3 Å². The number of imide groups is 1. The first-order valence-electron chi connectivity index (χ1n) is 9.28. The van der Waals surface area contributed by atoms with Crippen molar-refractivity contribution in [2.24, 2.45) is 0 Å². The minimum atomic E-state index is -1.20. The van der Waals surface area contributed by atoms with Gasteiger partial charge in [0, 0.05) is 17.7 Å². The molecule has 0 radical (unpaired) electrons. The number of anilines is 2. The number of likely N-dealkylation sites (tertiary alicyclic amines) is 1. The Bertz CT molecular complexity index is 1250. The Labute approximate surface area is 174 Å². The molecule has 0 spiro atoms. The van der Waals surface area contributed by atoms with Crippen molar-refractivity contribution >= 4 is 40.6 Å². The first-order chi connectivity index (χ1) is 14.8. The van der Waals surface area contributed by atoms with Gasteiger partial charge in [-0.2, -0.15) is 4.98 Å². The molecule has 12 nitrogen and oxygen atoms in total. The van der Waals surface area contributed by atoms with Gasteiger partial charge >= 0.3 is 5.97 Å². The van der Waals surface area contributed by atoms with Crippen LogP contribution in [0.2, 0.25) is 0 Å². The zero-order valence-electron chi connectivity index (χ0n) is 16.0. The fourth-order valence-corrected chi connectivity index (χ4v) is 3.29. The lowest BCUT2D eigenvalue weighted by Gasteiger charge is -2.19. The molecular weight excluding hydrogens is 406 g/mol. The number of nitrogen functional groups attached to an aromatic ring is 1. The van der Waals surface area contributed by atoms with Crippen molar-refractivity contribution in [2.45, 2.75) is 25.4 Å². The predicted octanol–water partition coefficient (Wildman–Crippen LogP) is 0.123. The summed E-state index contributed by atoms with van der Waals surface area (Å²) in [5, 5.41) is 12.3. The van der Waals surface area contributed by atoms with E-state index in [0.717, 1.165) is 4.90 Å². The number of H-pyrrole nitrogens is 1. The molecule has 2 amide bonds. The summed E-state index contributed by atoms with van der Waals surface area (Å²) in [4.78, 5) is 63.1. The van der Waals surface area contributed by atoms with Crippen LogP contribution >= 0.6 is 0 Å². The van der Waals surface area contributed by atoms with Crippen LogP contribution in [0.4, 0.5) is 11.6 Å². The number of carbonyl (C=O) groups excluding carboxylic acids is 2. The fraction of sp³-hybridized carbons (Fsp3) is 0.211. The van der Waals surface area contributed by atoms with Crippen molar-refractivity contribution in [3.05, 3.63) is 52.1 Å². The zero-order chi connectivity index (χ0) is 22.1. The molecule has 0 aliphatic carbocycles. The van der Waals surface area contributed by atoms with Crippen LogP contribution in [-0.2, 0) is 16.1 Å². The van der Waals surface area contributed by atoms with E-state index in [1.54, 1.807) is 12.1 Å². The first-order valence-corrected chi connectivity index (χ1v) is 9.28. The van der Waals surface area contributed by atoms with E-state index in [4.69, 9.17) is 5.73 Å². The van der Waals surface area contributed by atoms with Crippen LogP contribution in [0.1, 0.15) is 28.9 Å². The molecular formula is C19H17N7O5. The molecule has 5 N–H and O–H groups in total. The van der Waals surface area contributed by atoms with Gasteiger partial charge in [-0.1, -0.05) is 0 Å². The van der Waals surface area contributed by atoms with Gasteiger partial charge in [0.25, 0.3) is 11.5 Å². The monoisotopic (exact) mass is 423 g/mol. The number of nitrogens with one attached hydrogen (secondary N) is 2. The average molecular weight is 423 g/mol. The van der Waals surface area contributed by atoms with E-state index < -0.39 is 29.4 Å².